The Kier molecular flexibility index (Phi) is 3.97. The van der Waals surface area contributed by atoms with E-state index >= 15 is 0 Å². The fourth-order valence-corrected chi connectivity index (χ4v) is 4.08. The number of benzene rings is 3. The fourth-order valence-electron chi connectivity index (χ4n) is 3.05. The molecule has 0 aromatic heterocycles. The van der Waals surface area contributed by atoms with Crippen LogP contribution in [0.25, 0.3) is 10.8 Å². The summed E-state index contributed by atoms with van der Waals surface area (Å²) in [6.07, 6.45) is 0. The number of rotatable bonds is 3. The van der Waals surface area contributed by atoms with Gasteiger partial charge in [0.25, 0.3) is 11.8 Å². The molecule has 0 unspecified atom stereocenters. The number of imide groups is 1. The molecule has 0 saturated heterocycles. The van der Waals surface area contributed by atoms with E-state index in [1.807, 2.05) is 36.4 Å². The summed E-state index contributed by atoms with van der Waals surface area (Å²) in [6, 6.07) is 16.5. The molecule has 1 heterocycles. The van der Waals surface area contributed by atoms with Gasteiger partial charge in [-0.05, 0) is 35.7 Å². The van der Waals surface area contributed by atoms with Crippen LogP contribution in [0.1, 0.15) is 27.6 Å². The SMILES string of the molecule is CC(=O)Nc1ccccc1Sc1ccc2c3c(cccc13)C(=O)NC2=O. The van der Waals surface area contributed by atoms with Gasteiger partial charge in [0, 0.05) is 33.2 Å². The van der Waals surface area contributed by atoms with E-state index < -0.39 is 0 Å². The van der Waals surface area contributed by atoms with Crippen molar-refractivity contribution in [1.82, 2.24) is 5.32 Å². The van der Waals surface area contributed by atoms with Gasteiger partial charge in [0.05, 0.1) is 5.69 Å². The van der Waals surface area contributed by atoms with E-state index in [-0.39, 0.29) is 17.7 Å². The number of hydrogen-bond acceptors (Lipinski definition) is 4. The van der Waals surface area contributed by atoms with Crippen molar-refractivity contribution in [2.75, 3.05) is 5.32 Å². The molecule has 3 aromatic carbocycles. The predicted octanol–water partition coefficient (Wildman–Crippen LogP) is 3.83. The van der Waals surface area contributed by atoms with E-state index in [4.69, 9.17) is 0 Å². The molecule has 0 atom stereocenters. The van der Waals surface area contributed by atoms with Crippen LogP contribution in [0.2, 0.25) is 0 Å². The number of carbonyl (C=O) groups is 3. The predicted molar refractivity (Wildman–Crippen MR) is 101 cm³/mol. The summed E-state index contributed by atoms with van der Waals surface area (Å²) in [6.45, 7) is 1.47. The lowest BCUT2D eigenvalue weighted by molar-refractivity contribution is -0.114. The second-order valence-corrected chi connectivity index (χ2v) is 6.99. The smallest absolute Gasteiger partial charge is 0.258 e. The standard InChI is InChI=1S/C20H14N2O3S/c1-11(23)21-15-7-2-3-8-17(15)26-16-10-9-14-18-12(16)5-4-6-13(18)19(24)22-20(14)25/h2-10H,1H3,(H,21,23)(H,22,24,25). The summed E-state index contributed by atoms with van der Waals surface area (Å²) in [5, 5.41) is 6.69. The Hall–Kier alpha value is -3.12. The van der Waals surface area contributed by atoms with Crippen molar-refractivity contribution in [3.63, 3.8) is 0 Å². The third-order valence-corrected chi connectivity index (χ3v) is 5.29. The molecule has 0 saturated carbocycles. The maximum Gasteiger partial charge on any atom is 0.258 e. The summed E-state index contributed by atoms with van der Waals surface area (Å²) >= 11 is 1.48. The average Bonchev–Trinajstić information content (AvgIpc) is 2.61. The number of anilines is 1. The Labute approximate surface area is 153 Å². The van der Waals surface area contributed by atoms with E-state index in [0.29, 0.717) is 16.5 Å². The molecule has 4 rings (SSSR count). The second-order valence-electron chi connectivity index (χ2n) is 5.90. The van der Waals surface area contributed by atoms with Crippen LogP contribution in [0.3, 0.4) is 0 Å². The third kappa shape index (κ3) is 2.74. The van der Waals surface area contributed by atoms with Gasteiger partial charge in [0.2, 0.25) is 5.91 Å². The number of hydrogen-bond donors (Lipinski definition) is 2. The van der Waals surface area contributed by atoms with E-state index in [1.54, 1.807) is 18.2 Å². The first-order valence-electron chi connectivity index (χ1n) is 8.00. The molecule has 5 nitrogen and oxygen atoms in total. The molecule has 0 fully saturated rings. The highest BCUT2D eigenvalue weighted by Crippen LogP contribution is 2.39. The number of amides is 3. The van der Waals surface area contributed by atoms with E-state index in [1.165, 1.54) is 18.7 Å². The van der Waals surface area contributed by atoms with Crippen molar-refractivity contribution in [3.05, 3.63) is 65.7 Å². The highest BCUT2D eigenvalue weighted by atomic mass is 32.2. The zero-order chi connectivity index (χ0) is 18.3. The normalized spacial score (nSPS) is 12.8. The largest absolute Gasteiger partial charge is 0.325 e. The summed E-state index contributed by atoms with van der Waals surface area (Å²) in [7, 11) is 0. The van der Waals surface area contributed by atoms with Gasteiger partial charge in [-0.2, -0.15) is 0 Å². The summed E-state index contributed by atoms with van der Waals surface area (Å²) < 4.78 is 0. The molecular formula is C20H14N2O3S. The van der Waals surface area contributed by atoms with Crippen LogP contribution in [0.5, 0.6) is 0 Å². The molecule has 2 N–H and O–H groups in total. The van der Waals surface area contributed by atoms with E-state index in [0.717, 1.165) is 20.9 Å². The van der Waals surface area contributed by atoms with E-state index in [2.05, 4.69) is 10.6 Å². The van der Waals surface area contributed by atoms with Gasteiger partial charge >= 0.3 is 0 Å². The van der Waals surface area contributed by atoms with Crippen LogP contribution in [0.4, 0.5) is 5.69 Å². The molecule has 128 valence electrons. The van der Waals surface area contributed by atoms with Crippen LogP contribution in [0, 0.1) is 0 Å². The molecule has 1 aliphatic rings. The molecule has 0 spiro atoms. The lowest BCUT2D eigenvalue weighted by Gasteiger charge is -2.18. The second kappa shape index (κ2) is 6.31. The number of para-hydroxylation sites is 1. The molecule has 1 aliphatic heterocycles. The van der Waals surface area contributed by atoms with Gasteiger partial charge in [-0.3, -0.25) is 19.7 Å². The fraction of sp³-hybridized carbons (Fsp3) is 0.0500. The Bertz CT molecular complexity index is 1070. The van der Waals surface area contributed by atoms with Gasteiger partial charge in [-0.15, -0.1) is 0 Å². The topological polar surface area (TPSA) is 75.3 Å². The molecule has 3 amide bonds. The van der Waals surface area contributed by atoms with Gasteiger partial charge < -0.3 is 5.32 Å². The molecule has 3 aromatic rings. The lowest BCUT2D eigenvalue weighted by atomic mass is 9.95. The minimum Gasteiger partial charge on any atom is -0.325 e. The molecule has 0 radical (unpaired) electrons. The Morgan fingerprint density at radius 1 is 0.885 bits per heavy atom. The van der Waals surface area contributed by atoms with Crippen LogP contribution < -0.4 is 10.6 Å². The maximum atomic E-state index is 12.1. The molecule has 0 bridgehead atoms. The number of nitrogens with one attached hydrogen (secondary N) is 2. The van der Waals surface area contributed by atoms with Crippen molar-refractivity contribution >= 4 is 45.9 Å². The first-order valence-corrected chi connectivity index (χ1v) is 8.82. The Balaban J connectivity index is 1.86. The monoisotopic (exact) mass is 362 g/mol. The van der Waals surface area contributed by atoms with Crippen LogP contribution >= 0.6 is 11.8 Å². The summed E-state index contributed by atoms with van der Waals surface area (Å²) in [5.41, 5.74) is 1.71. The quantitative estimate of drug-likeness (QED) is 0.694. The third-order valence-electron chi connectivity index (χ3n) is 4.13. The Morgan fingerprint density at radius 2 is 1.62 bits per heavy atom. The van der Waals surface area contributed by atoms with Gasteiger partial charge in [0.1, 0.15) is 0 Å². The van der Waals surface area contributed by atoms with Crippen molar-refractivity contribution in [2.24, 2.45) is 0 Å². The van der Waals surface area contributed by atoms with Crippen LogP contribution in [0.15, 0.2) is 64.4 Å². The lowest BCUT2D eigenvalue weighted by Crippen LogP contribution is -2.34. The zero-order valence-corrected chi connectivity index (χ0v) is 14.6. The minimum atomic E-state index is -0.381. The number of carbonyl (C=O) groups excluding carboxylic acids is 3. The van der Waals surface area contributed by atoms with Gasteiger partial charge in [-0.25, -0.2) is 0 Å². The highest BCUT2D eigenvalue weighted by molar-refractivity contribution is 7.99. The first kappa shape index (κ1) is 16.4. The van der Waals surface area contributed by atoms with Crippen molar-refractivity contribution < 1.29 is 14.4 Å². The highest BCUT2D eigenvalue weighted by Gasteiger charge is 2.25. The van der Waals surface area contributed by atoms with Gasteiger partial charge in [0.15, 0.2) is 0 Å². The van der Waals surface area contributed by atoms with E-state index in [9.17, 15) is 14.4 Å². The average molecular weight is 362 g/mol. The van der Waals surface area contributed by atoms with Crippen molar-refractivity contribution in [2.45, 2.75) is 16.7 Å². The van der Waals surface area contributed by atoms with Gasteiger partial charge in [-0.1, -0.05) is 36.0 Å². The van der Waals surface area contributed by atoms with Crippen LogP contribution in [-0.2, 0) is 4.79 Å². The molecule has 6 heteroatoms. The zero-order valence-electron chi connectivity index (χ0n) is 13.8. The van der Waals surface area contributed by atoms with Crippen LogP contribution in [-0.4, -0.2) is 17.7 Å². The first-order chi connectivity index (χ1) is 12.5. The minimum absolute atomic E-state index is 0.141. The molecule has 26 heavy (non-hydrogen) atoms. The Morgan fingerprint density at radius 3 is 2.38 bits per heavy atom. The van der Waals surface area contributed by atoms with Crippen molar-refractivity contribution in [1.29, 1.82) is 0 Å². The molecule has 0 aliphatic carbocycles. The summed E-state index contributed by atoms with van der Waals surface area (Å²) in [5.74, 6) is -0.903. The summed E-state index contributed by atoms with van der Waals surface area (Å²) in [4.78, 5) is 37.5. The molecular weight excluding hydrogens is 348 g/mol. The van der Waals surface area contributed by atoms with Crippen molar-refractivity contribution in [3.8, 4) is 0 Å². The maximum absolute atomic E-state index is 12.1.